The van der Waals surface area contributed by atoms with E-state index >= 15 is 0 Å². The summed E-state index contributed by atoms with van der Waals surface area (Å²) in [6.45, 7) is 2.23. The van der Waals surface area contributed by atoms with E-state index in [1.807, 2.05) is 6.07 Å². The molecule has 0 unspecified atom stereocenters. The number of aliphatic hydroxyl groups is 1. The zero-order valence-corrected chi connectivity index (χ0v) is 17.8. The van der Waals surface area contributed by atoms with Gasteiger partial charge in [0.15, 0.2) is 0 Å². The van der Waals surface area contributed by atoms with Crippen LogP contribution in [0.15, 0.2) is 24.7 Å². The average Bonchev–Trinajstić information content (AvgIpc) is 3.16. The zero-order valence-electron chi connectivity index (χ0n) is 17.8. The standard InChI is InChI=1S/C21H25F2N7O2/c1-21(2,32)17(23)11-26-19(31)13-10-25-18(30-20-27-8-12(7-24)9-28-20)6-16(13)29-15-5-3-4-14(15)22/h6,8-10,14-15,17,32H,3-5,11H2,1-2H3,(H,26,31)(H2,25,27,28,29,30)/t14-,15+,17-/m1/s1. The normalized spacial score (nSPS) is 19.1. The van der Waals surface area contributed by atoms with E-state index in [1.54, 1.807) is 0 Å². The molecule has 2 aromatic rings. The van der Waals surface area contributed by atoms with E-state index in [0.717, 1.165) is 6.42 Å². The number of carbonyl (C=O) groups is 1. The molecule has 1 amide bonds. The molecular formula is C21H25F2N7O2. The lowest BCUT2D eigenvalue weighted by atomic mass is 10.0. The van der Waals surface area contributed by atoms with E-state index in [1.165, 1.54) is 38.5 Å². The first-order valence-corrected chi connectivity index (χ1v) is 10.2. The first kappa shape index (κ1) is 23.3. The summed E-state index contributed by atoms with van der Waals surface area (Å²) in [5.41, 5.74) is -0.877. The Hall–Kier alpha value is -3.39. The van der Waals surface area contributed by atoms with E-state index < -0.39 is 36.4 Å². The predicted octanol–water partition coefficient (Wildman–Crippen LogP) is 2.63. The highest BCUT2D eigenvalue weighted by Gasteiger charge is 2.29. The Morgan fingerprint density at radius 1 is 1.31 bits per heavy atom. The molecule has 0 saturated heterocycles. The fourth-order valence-corrected chi connectivity index (χ4v) is 3.19. The van der Waals surface area contributed by atoms with Gasteiger partial charge in [-0.3, -0.25) is 4.79 Å². The summed E-state index contributed by atoms with van der Waals surface area (Å²) in [6.07, 6.45) is 3.02. The number of alkyl halides is 2. The van der Waals surface area contributed by atoms with Gasteiger partial charge < -0.3 is 21.1 Å². The van der Waals surface area contributed by atoms with Gasteiger partial charge in [-0.25, -0.2) is 23.7 Å². The molecular weight excluding hydrogens is 420 g/mol. The molecule has 0 bridgehead atoms. The molecule has 2 heterocycles. The smallest absolute Gasteiger partial charge is 0.255 e. The minimum atomic E-state index is -1.67. The Bertz CT molecular complexity index is 989. The van der Waals surface area contributed by atoms with Crippen molar-refractivity contribution in [3.05, 3.63) is 35.8 Å². The molecule has 1 fully saturated rings. The highest BCUT2D eigenvalue weighted by Crippen LogP contribution is 2.28. The van der Waals surface area contributed by atoms with Crippen molar-refractivity contribution >= 4 is 23.4 Å². The summed E-state index contributed by atoms with van der Waals surface area (Å²) in [5, 5.41) is 26.9. The molecule has 170 valence electrons. The number of nitrogens with one attached hydrogen (secondary N) is 3. The van der Waals surface area contributed by atoms with Crippen molar-refractivity contribution in [3.8, 4) is 6.07 Å². The van der Waals surface area contributed by atoms with Crippen LogP contribution in [0, 0.1) is 11.3 Å². The molecule has 0 aromatic carbocycles. The third kappa shape index (κ3) is 5.85. The molecule has 0 radical (unpaired) electrons. The number of anilines is 3. The van der Waals surface area contributed by atoms with Crippen molar-refractivity contribution in [2.75, 3.05) is 17.2 Å². The van der Waals surface area contributed by atoms with Gasteiger partial charge in [0.25, 0.3) is 5.91 Å². The number of hydrogen-bond donors (Lipinski definition) is 4. The van der Waals surface area contributed by atoms with E-state index in [4.69, 9.17) is 5.26 Å². The summed E-state index contributed by atoms with van der Waals surface area (Å²) >= 11 is 0. The van der Waals surface area contributed by atoms with Crippen LogP contribution in [-0.4, -0.2) is 56.5 Å². The maximum atomic E-state index is 14.2. The second-order valence-corrected chi connectivity index (χ2v) is 8.18. The minimum absolute atomic E-state index is 0.110. The van der Waals surface area contributed by atoms with Gasteiger partial charge in [0, 0.05) is 12.3 Å². The molecule has 11 heteroatoms. The van der Waals surface area contributed by atoms with Crippen LogP contribution in [0.1, 0.15) is 49.0 Å². The third-order valence-electron chi connectivity index (χ3n) is 5.15. The van der Waals surface area contributed by atoms with E-state index in [2.05, 4.69) is 30.9 Å². The van der Waals surface area contributed by atoms with Crippen molar-refractivity contribution in [3.63, 3.8) is 0 Å². The van der Waals surface area contributed by atoms with Crippen molar-refractivity contribution in [1.82, 2.24) is 20.3 Å². The number of carbonyl (C=O) groups excluding carboxylic acids is 1. The van der Waals surface area contributed by atoms with Gasteiger partial charge in [-0.15, -0.1) is 0 Å². The van der Waals surface area contributed by atoms with Crippen LogP contribution in [0.5, 0.6) is 0 Å². The molecule has 1 aliphatic rings. The molecule has 1 aliphatic carbocycles. The lowest BCUT2D eigenvalue weighted by Crippen LogP contribution is -2.42. The van der Waals surface area contributed by atoms with Gasteiger partial charge in [-0.05, 0) is 33.1 Å². The summed E-state index contributed by atoms with van der Waals surface area (Å²) < 4.78 is 28.2. The number of halogens is 2. The number of pyridine rings is 1. The SMILES string of the molecule is CC(C)(O)[C@H](F)CNC(=O)c1cnc(Nc2ncc(C#N)cn2)cc1N[C@H]1CCC[C@H]1F. The Morgan fingerprint density at radius 3 is 2.62 bits per heavy atom. The second-order valence-electron chi connectivity index (χ2n) is 8.18. The molecule has 4 N–H and O–H groups in total. The largest absolute Gasteiger partial charge is 0.387 e. The number of aromatic nitrogens is 3. The number of rotatable bonds is 8. The predicted molar refractivity (Wildman–Crippen MR) is 114 cm³/mol. The van der Waals surface area contributed by atoms with E-state index in [-0.39, 0.29) is 11.5 Å². The monoisotopic (exact) mass is 445 g/mol. The van der Waals surface area contributed by atoms with Crippen LogP contribution in [0.4, 0.5) is 26.2 Å². The maximum absolute atomic E-state index is 14.2. The Morgan fingerprint density at radius 2 is 2.03 bits per heavy atom. The summed E-state index contributed by atoms with van der Waals surface area (Å²) in [7, 11) is 0. The lowest BCUT2D eigenvalue weighted by Gasteiger charge is -2.23. The second kappa shape index (κ2) is 9.82. The van der Waals surface area contributed by atoms with Gasteiger partial charge in [0.2, 0.25) is 5.95 Å². The zero-order chi connectivity index (χ0) is 23.3. The van der Waals surface area contributed by atoms with Crippen molar-refractivity contribution in [2.45, 2.75) is 57.1 Å². The highest BCUT2D eigenvalue weighted by molar-refractivity contribution is 5.99. The molecule has 3 atom stereocenters. The van der Waals surface area contributed by atoms with Crippen molar-refractivity contribution in [2.24, 2.45) is 0 Å². The van der Waals surface area contributed by atoms with Gasteiger partial charge >= 0.3 is 0 Å². The fraction of sp³-hybridized carbons (Fsp3) is 0.476. The maximum Gasteiger partial charge on any atom is 0.255 e. The van der Waals surface area contributed by atoms with Crippen LogP contribution >= 0.6 is 0 Å². The molecule has 2 aromatic heterocycles. The van der Waals surface area contributed by atoms with Gasteiger partial charge in [-0.2, -0.15) is 5.26 Å². The minimum Gasteiger partial charge on any atom is -0.387 e. The van der Waals surface area contributed by atoms with Crippen LogP contribution in [0.2, 0.25) is 0 Å². The van der Waals surface area contributed by atoms with E-state index in [9.17, 15) is 18.7 Å². The van der Waals surface area contributed by atoms with Gasteiger partial charge in [-0.1, -0.05) is 0 Å². The summed E-state index contributed by atoms with van der Waals surface area (Å²) in [6, 6.07) is 2.97. The highest BCUT2D eigenvalue weighted by atomic mass is 19.1. The topological polar surface area (TPSA) is 136 Å². The summed E-state index contributed by atoms with van der Waals surface area (Å²) in [5.74, 6) is -0.127. The first-order chi connectivity index (χ1) is 15.2. The van der Waals surface area contributed by atoms with Crippen molar-refractivity contribution < 1.29 is 18.7 Å². The number of hydrogen-bond acceptors (Lipinski definition) is 8. The Balaban J connectivity index is 1.81. The van der Waals surface area contributed by atoms with Gasteiger partial charge in [0.1, 0.15) is 24.2 Å². The fourth-order valence-electron chi connectivity index (χ4n) is 3.19. The van der Waals surface area contributed by atoms with Crippen LogP contribution < -0.4 is 16.0 Å². The molecule has 3 rings (SSSR count). The van der Waals surface area contributed by atoms with Crippen LogP contribution in [-0.2, 0) is 0 Å². The number of amides is 1. The van der Waals surface area contributed by atoms with Gasteiger partial charge in [0.05, 0.1) is 47.4 Å². The van der Waals surface area contributed by atoms with E-state index in [0.29, 0.717) is 29.9 Å². The first-order valence-electron chi connectivity index (χ1n) is 10.2. The molecule has 9 nitrogen and oxygen atoms in total. The van der Waals surface area contributed by atoms with Crippen molar-refractivity contribution in [1.29, 1.82) is 5.26 Å². The number of nitrogens with zero attached hydrogens (tertiary/aromatic N) is 4. The Kier molecular flexibility index (Phi) is 7.15. The molecule has 0 aliphatic heterocycles. The Labute approximate surface area is 184 Å². The summed E-state index contributed by atoms with van der Waals surface area (Å²) in [4.78, 5) is 24.9. The third-order valence-corrected chi connectivity index (χ3v) is 5.15. The van der Waals surface area contributed by atoms with Crippen LogP contribution in [0.25, 0.3) is 0 Å². The quantitative estimate of drug-likeness (QED) is 0.487. The molecule has 0 spiro atoms. The van der Waals surface area contributed by atoms with Crippen LogP contribution in [0.3, 0.4) is 0 Å². The average molecular weight is 445 g/mol. The molecule has 32 heavy (non-hydrogen) atoms. The molecule has 1 saturated carbocycles. The number of nitriles is 1. The lowest BCUT2D eigenvalue weighted by molar-refractivity contribution is -0.00177.